The number of carbonyl (C=O) groups is 1. The molecule has 4 fully saturated rings. The Kier molecular flexibility index (Phi) is 27.3. The van der Waals surface area contributed by atoms with E-state index in [0.717, 1.165) is 44.5 Å². The van der Waals surface area contributed by atoms with E-state index in [1.807, 2.05) is 277 Å². The van der Waals surface area contributed by atoms with Gasteiger partial charge in [-0.25, -0.2) is 0 Å². The fraction of sp³-hybridized carbons (Fsp3) is 0.410. The van der Waals surface area contributed by atoms with Crippen LogP contribution in [0.25, 0.3) is 0 Å². The summed E-state index contributed by atoms with van der Waals surface area (Å²) in [5.74, 6) is -0.496. The van der Waals surface area contributed by atoms with Crippen LogP contribution in [0.2, 0.25) is 0 Å². The first-order chi connectivity index (χ1) is 49.5. The third-order valence-corrected chi connectivity index (χ3v) is 19.4. The summed E-state index contributed by atoms with van der Waals surface area (Å²) >= 11 is 1.57. The molecule has 20 atom stereocenters. The van der Waals surface area contributed by atoms with Gasteiger partial charge in [-0.3, -0.25) is 4.79 Å². The van der Waals surface area contributed by atoms with Crippen LogP contribution >= 0.6 is 11.8 Å². The lowest BCUT2D eigenvalue weighted by Gasteiger charge is -2.52. The van der Waals surface area contributed by atoms with E-state index < -0.39 is 128 Å². The van der Waals surface area contributed by atoms with Gasteiger partial charge in [0.1, 0.15) is 72.6 Å². The van der Waals surface area contributed by atoms with Crippen molar-refractivity contribution in [1.82, 2.24) is 0 Å². The van der Waals surface area contributed by atoms with Crippen LogP contribution in [0.4, 0.5) is 0 Å². The predicted octanol–water partition coefficient (Wildman–Crippen LogP) is 14.1. The van der Waals surface area contributed by atoms with E-state index in [1.54, 1.807) is 11.8 Å². The van der Waals surface area contributed by atoms with Gasteiger partial charge in [0.05, 0.1) is 77.3 Å². The Balaban J connectivity index is 0.909. The molecular weight excluding hydrogens is 1300 g/mol. The molecule has 4 aliphatic rings. The second-order valence-electron chi connectivity index (χ2n) is 26.0. The molecule has 4 aliphatic heterocycles. The summed E-state index contributed by atoms with van der Waals surface area (Å²) in [7, 11) is 0. The summed E-state index contributed by atoms with van der Waals surface area (Å²) in [5, 5.41) is 0. The van der Waals surface area contributed by atoms with Crippen molar-refractivity contribution < 1.29 is 80.6 Å². The molecule has 4 saturated heterocycles. The Morgan fingerprint density at radius 2 is 0.475 bits per heavy atom. The molecule has 8 aromatic rings. The Morgan fingerprint density at radius 3 is 0.713 bits per heavy atom. The maximum Gasteiger partial charge on any atom is 0.303 e. The zero-order chi connectivity index (χ0) is 69.7. The molecule has 18 heteroatoms. The summed E-state index contributed by atoms with van der Waals surface area (Å²) < 4.78 is 114. The number of ether oxygens (including phenoxy) is 16. The number of rotatable bonds is 32. The minimum atomic E-state index is -1.18. The number of esters is 1. The summed E-state index contributed by atoms with van der Waals surface area (Å²) in [6, 6.07) is 79.6. The topological polar surface area (TPSA) is 165 Å². The highest BCUT2D eigenvalue weighted by Gasteiger charge is 2.57. The first kappa shape index (κ1) is 73.7. The van der Waals surface area contributed by atoms with Crippen molar-refractivity contribution in [2.45, 2.75) is 209 Å². The van der Waals surface area contributed by atoms with Crippen LogP contribution < -0.4 is 0 Å². The number of hydrogen-bond donors (Lipinski definition) is 0. The molecule has 0 aliphatic carbocycles. The Bertz CT molecular complexity index is 3650. The SMILES string of the molecule is CS[C@@H]1O[C@@H](C)[C@H](O[C@@H]2O[C@@H](C)[C@H](O[C@@H]3O[C@@H](C)[C@H](O[C@H]4O[C@@H](C)[C@H](OC(C)=O)[C@@H](OCc5ccccc5)[C@H]4OCc4ccccc4)[C@@H](OCc4ccccc4)[C@H]3OCc3ccccc3)[C@@H](OCc3ccccc3)[C@H]2OCc2ccccc2)[C@@H](OCc2ccccc2)[C@H]1OCc1ccccc1. The number of thioether (sulfide) groups is 1. The molecule has 4 heterocycles. The van der Waals surface area contributed by atoms with Crippen molar-refractivity contribution in [1.29, 1.82) is 0 Å². The summed E-state index contributed by atoms with van der Waals surface area (Å²) in [6.07, 6.45) is -14.7. The van der Waals surface area contributed by atoms with Crippen LogP contribution in [0, 0.1) is 0 Å². The molecule has 0 N–H and O–H groups in total. The van der Waals surface area contributed by atoms with Crippen LogP contribution in [0.15, 0.2) is 243 Å². The third-order valence-electron chi connectivity index (χ3n) is 18.6. The first-order valence-corrected chi connectivity index (χ1v) is 36.3. The fourth-order valence-corrected chi connectivity index (χ4v) is 14.2. The molecule has 17 nitrogen and oxygen atoms in total. The number of hydrogen-bond acceptors (Lipinski definition) is 18. The Hall–Kier alpha value is -7.02. The van der Waals surface area contributed by atoms with Gasteiger partial charge in [0.25, 0.3) is 0 Å². The number of carbonyl (C=O) groups excluding carboxylic acids is 1. The Labute approximate surface area is 598 Å². The Morgan fingerprint density at radius 1 is 0.277 bits per heavy atom. The average molecular weight is 1400 g/mol. The van der Waals surface area contributed by atoms with Gasteiger partial charge in [-0.1, -0.05) is 243 Å². The monoisotopic (exact) mass is 1390 g/mol. The average Bonchev–Trinajstić information content (AvgIpc) is 0.768. The van der Waals surface area contributed by atoms with E-state index in [2.05, 4.69) is 0 Å². The van der Waals surface area contributed by atoms with E-state index in [1.165, 1.54) is 6.92 Å². The van der Waals surface area contributed by atoms with E-state index in [0.29, 0.717) is 6.61 Å². The van der Waals surface area contributed by atoms with Gasteiger partial charge < -0.3 is 75.8 Å². The minimum absolute atomic E-state index is 0.131. The van der Waals surface area contributed by atoms with E-state index in [9.17, 15) is 4.79 Å². The summed E-state index contributed by atoms with van der Waals surface area (Å²) in [6.45, 7) is 10.6. The molecule has 0 radical (unpaired) electrons. The van der Waals surface area contributed by atoms with Crippen LogP contribution in [0.3, 0.4) is 0 Å². The zero-order valence-electron chi connectivity index (χ0n) is 58.1. The summed E-state index contributed by atoms with van der Waals surface area (Å²) in [4.78, 5) is 13.0. The van der Waals surface area contributed by atoms with Gasteiger partial charge in [-0.2, -0.15) is 0 Å². The van der Waals surface area contributed by atoms with Crippen molar-refractivity contribution in [3.63, 3.8) is 0 Å². The molecule has 101 heavy (non-hydrogen) atoms. The van der Waals surface area contributed by atoms with Gasteiger partial charge in [0.2, 0.25) is 0 Å². The lowest BCUT2D eigenvalue weighted by Crippen LogP contribution is -2.67. The standard InChI is InChI=1S/C83H94O17S/c1-55-68(97-59(5)84)72(85-47-60-31-15-7-16-32-60)76(89-51-64-39-23-11-24-40-64)80(93-55)98-69-56(2)94-81(77(90-52-65-41-25-12-26-42-65)73(69)86-48-61-33-17-8-18-34-61)99-70-57(3)95-82(78(91-53-66-43-27-13-28-44-66)74(70)87-49-62-35-19-9-20-36-62)100-71-58(4)96-83(101-6)79(92-54-67-45-29-14-30-46-67)75(71)88-50-63-37-21-10-22-38-63/h7-46,55-58,68-83H,47-54H2,1-6H3/t55-,56-,57-,58-,68-,69-,70-,71-,72+,73+,74+,75+,76+,77+,78+,79+,80+,81-,82-,83-/m0/s1. The normalized spacial score (nSPS) is 29.8. The molecule has 0 unspecified atom stereocenters. The van der Waals surface area contributed by atoms with Crippen molar-refractivity contribution in [3.05, 3.63) is 287 Å². The molecule has 0 spiro atoms. The van der Waals surface area contributed by atoms with E-state index >= 15 is 0 Å². The molecule has 0 bridgehead atoms. The largest absolute Gasteiger partial charge is 0.457 e. The molecule has 0 amide bonds. The maximum atomic E-state index is 13.0. The van der Waals surface area contributed by atoms with Gasteiger partial charge in [0.15, 0.2) is 25.0 Å². The minimum Gasteiger partial charge on any atom is -0.457 e. The summed E-state index contributed by atoms with van der Waals surface area (Å²) in [5.41, 5.74) is 7.06. The second-order valence-corrected chi connectivity index (χ2v) is 27.0. The van der Waals surface area contributed by atoms with Gasteiger partial charge >= 0.3 is 5.97 Å². The molecular formula is C83H94O17S. The lowest BCUT2D eigenvalue weighted by atomic mass is 9.95. The van der Waals surface area contributed by atoms with E-state index in [-0.39, 0.29) is 46.2 Å². The molecule has 12 rings (SSSR count). The van der Waals surface area contributed by atoms with Gasteiger partial charge in [-0.15, -0.1) is 11.8 Å². The van der Waals surface area contributed by atoms with Crippen molar-refractivity contribution in [3.8, 4) is 0 Å². The van der Waals surface area contributed by atoms with Crippen LogP contribution in [-0.4, -0.2) is 134 Å². The van der Waals surface area contributed by atoms with Crippen LogP contribution in [0.1, 0.15) is 79.1 Å². The first-order valence-electron chi connectivity index (χ1n) is 35.0. The third kappa shape index (κ3) is 20.2. The second kappa shape index (κ2) is 37.4. The molecule has 0 aromatic heterocycles. The lowest BCUT2D eigenvalue weighted by molar-refractivity contribution is -0.392. The quantitative estimate of drug-likeness (QED) is 0.0365. The fourth-order valence-electron chi connectivity index (χ4n) is 13.4. The molecule has 0 saturated carbocycles. The van der Waals surface area contributed by atoms with Gasteiger partial charge in [0, 0.05) is 6.92 Å². The maximum absolute atomic E-state index is 13.0. The molecule has 534 valence electrons. The highest BCUT2D eigenvalue weighted by molar-refractivity contribution is 7.99. The zero-order valence-corrected chi connectivity index (χ0v) is 59.0. The van der Waals surface area contributed by atoms with Crippen molar-refractivity contribution in [2.24, 2.45) is 0 Å². The highest BCUT2D eigenvalue weighted by atomic mass is 32.2. The van der Waals surface area contributed by atoms with Crippen molar-refractivity contribution >= 4 is 17.7 Å². The van der Waals surface area contributed by atoms with Crippen LogP contribution in [-0.2, 0) is 133 Å². The van der Waals surface area contributed by atoms with Crippen LogP contribution in [0.5, 0.6) is 0 Å². The van der Waals surface area contributed by atoms with E-state index in [4.69, 9.17) is 75.8 Å². The number of benzene rings is 8. The predicted molar refractivity (Wildman–Crippen MR) is 381 cm³/mol. The van der Waals surface area contributed by atoms with Crippen molar-refractivity contribution in [2.75, 3.05) is 6.26 Å². The smallest absolute Gasteiger partial charge is 0.303 e. The highest BCUT2D eigenvalue weighted by Crippen LogP contribution is 2.41. The molecule has 8 aromatic carbocycles. The van der Waals surface area contributed by atoms with Gasteiger partial charge in [-0.05, 0) is 78.5 Å².